The number of hydrogen-bond acceptors (Lipinski definition) is 2. The quantitative estimate of drug-likeness (QED) is 0.871. The minimum atomic E-state index is -0.323. The third-order valence-corrected chi connectivity index (χ3v) is 3.75. The molecule has 0 spiro atoms. The van der Waals surface area contributed by atoms with Gasteiger partial charge in [-0.25, -0.2) is 0 Å². The molecule has 0 bridgehead atoms. The molecule has 1 aromatic carbocycles. The Hall–Kier alpha value is -1.79. The molecule has 0 saturated carbocycles. The monoisotopic (exact) mass is 269 g/mol. The molecule has 0 radical (unpaired) electrons. The number of nitrogens with zero attached hydrogens (tertiary/aromatic N) is 1. The van der Waals surface area contributed by atoms with Crippen molar-refractivity contribution in [2.75, 3.05) is 13.1 Å². The summed E-state index contributed by atoms with van der Waals surface area (Å²) in [5, 5.41) is 13.8. The summed E-state index contributed by atoms with van der Waals surface area (Å²) in [5.41, 5.74) is 2.19. The van der Waals surface area contributed by atoms with E-state index >= 15 is 0 Å². The Kier molecular flexibility index (Phi) is 3.87. The molecule has 0 atom stereocenters. The summed E-state index contributed by atoms with van der Waals surface area (Å²) in [6.45, 7) is 9.93. The summed E-state index contributed by atoms with van der Waals surface area (Å²) in [6, 6.07) is 10.7. The first kappa shape index (κ1) is 14.6. The van der Waals surface area contributed by atoms with Crippen molar-refractivity contribution in [1.29, 1.82) is 5.26 Å². The average Bonchev–Trinajstić information content (AvgIpc) is 2.83. The van der Waals surface area contributed by atoms with Gasteiger partial charge in [-0.3, -0.25) is 0 Å². The van der Waals surface area contributed by atoms with Crippen LogP contribution in [0.5, 0.6) is 0 Å². The van der Waals surface area contributed by atoms with E-state index in [9.17, 15) is 0 Å². The topological polar surface area (TPSA) is 51.6 Å². The van der Waals surface area contributed by atoms with Crippen LogP contribution in [0.4, 0.5) is 0 Å². The van der Waals surface area contributed by atoms with Gasteiger partial charge in [0.2, 0.25) is 0 Å². The molecular formula is C17H23N3. The number of aromatic nitrogens is 1. The van der Waals surface area contributed by atoms with Crippen LogP contribution < -0.4 is 5.32 Å². The van der Waals surface area contributed by atoms with Crippen LogP contribution in [-0.2, 0) is 5.41 Å². The molecule has 106 valence electrons. The minimum absolute atomic E-state index is 0.0190. The number of para-hydroxylation sites is 1. The standard InChI is InChI=1S/C17H23N3/c1-16(2,10-18)11-19-12-17(3,4)14-9-20-15-8-6-5-7-13(14)15/h5-9,19-20H,11-12H2,1-4H3. The van der Waals surface area contributed by atoms with Crippen LogP contribution in [0.15, 0.2) is 30.5 Å². The average molecular weight is 269 g/mol. The molecule has 0 amide bonds. The summed E-state index contributed by atoms with van der Waals surface area (Å²) >= 11 is 0. The van der Waals surface area contributed by atoms with Gasteiger partial charge in [0.05, 0.1) is 11.5 Å². The molecule has 0 aliphatic heterocycles. The van der Waals surface area contributed by atoms with Crippen LogP contribution in [-0.4, -0.2) is 18.1 Å². The predicted molar refractivity (Wildman–Crippen MR) is 83.6 cm³/mol. The smallest absolute Gasteiger partial charge is 0.0697 e. The Morgan fingerprint density at radius 1 is 1.15 bits per heavy atom. The highest BCUT2D eigenvalue weighted by atomic mass is 14.9. The summed E-state index contributed by atoms with van der Waals surface area (Å²) in [5.74, 6) is 0. The van der Waals surface area contributed by atoms with E-state index in [0.717, 1.165) is 6.54 Å². The highest BCUT2D eigenvalue weighted by Gasteiger charge is 2.25. The van der Waals surface area contributed by atoms with Gasteiger partial charge in [-0.1, -0.05) is 32.0 Å². The van der Waals surface area contributed by atoms with Crippen molar-refractivity contribution in [2.45, 2.75) is 33.1 Å². The van der Waals surface area contributed by atoms with Gasteiger partial charge >= 0.3 is 0 Å². The molecule has 3 nitrogen and oxygen atoms in total. The molecule has 0 aliphatic rings. The second-order valence-electron chi connectivity index (χ2n) is 6.73. The van der Waals surface area contributed by atoms with Crippen molar-refractivity contribution in [1.82, 2.24) is 10.3 Å². The number of fused-ring (bicyclic) bond motifs is 1. The molecule has 3 heteroatoms. The molecule has 0 saturated heterocycles. The number of benzene rings is 1. The van der Waals surface area contributed by atoms with Crippen molar-refractivity contribution in [3.8, 4) is 6.07 Å². The summed E-state index contributed by atoms with van der Waals surface area (Å²) in [4.78, 5) is 3.33. The third kappa shape index (κ3) is 3.02. The number of aromatic amines is 1. The molecule has 2 aromatic rings. The summed E-state index contributed by atoms with van der Waals surface area (Å²) < 4.78 is 0. The summed E-state index contributed by atoms with van der Waals surface area (Å²) in [7, 11) is 0. The Labute approximate surface area is 121 Å². The zero-order valence-corrected chi connectivity index (χ0v) is 12.7. The first-order valence-electron chi connectivity index (χ1n) is 7.04. The van der Waals surface area contributed by atoms with Crippen molar-refractivity contribution >= 4 is 10.9 Å². The molecule has 2 rings (SSSR count). The second-order valence-corrected chi connectivity index (χ2v) is 6.73. The lowest BCUT2D eigenvalue weighted by Gasteiger charge is -2.27. The van der Waals surface area contributed by atoms with E-state index in [-0.39, 0.29) is 10.8 Å². The molecule has 0 aliphatic carbocycles. The molecule has 1 aromatic heterocycles. The van der Waals surface area contributed by atoms with Crippen LogP contribution in [0.1, 0.15) is 33.3 Å². The Morgan fingerprint density at radius 3 is 2.55 bits per heavy atom. The predicted octanol–water partition coefficient (Wildman–Crippen LogP) is 3.58. The lowest BCUT2D eigenvalue weighted by molar-refractivity contribution is 0.398. The van der Waals surface area contributed by atoms with Gasteiger partial charge in [-0.2, -0.15) is 5.26 Å². The maximum atomic E-state index is 9.05. The van der Waals surface area contributed by atoms with E-state index in [1.807, 2.05) is 19.9 Å². The van der Waals surface area contributed by atoms with Gasteiger partial charge in [-0.15, -0.1) is 0 Å². The number of H-pyrrole nitrogens is 1. The number of hydrogen-bond donors (Lipinski definition) is 2. The highest BCUT2D eigenvalue weighted by molar-refractivity contribution is 5.84. The molecular weight excluding hydrogens is 246 g/mol. The Bertz CT molecular complexity index is 629. The van der Waals surface area contributed by atoms with E-state index in [2.05, 4.69) is 54.6 Å². The van der Waals surface area contributed by atoms with Crippen LogP contribution in [0.3, 0.4) is 0 Å². The van der Waals surface area contributed by atoms with Crippen molar-refractivity contribution in [3.63, 3.8) is 0 Å². The second kappa shape index (κ2) is 5.30. The van der Waals surface area contributed by atoms with E-state index in [1.165, 1.54) is 16.5 Å². The number of rotatable bonds is 5. The van der Waals surface area contributed by atoms with Crippen LogP contribution in [0.25, 0.3) is 10.9 Å². The zero-order valence-electron chi connectivity index (χ0n) is 12.7. The molecule has 0 fully saturated rings. The van der Waals surface area contributed by atoms with Crippen LogP contribution >= 0.6 is 0 Å². The van der Waals surface area contributed by atoms with Gasteiger partial charge < -0.3 is 10.3 Å². The molecule has 20 heavy (non-hydrogen) atoms. The fourth-order valence-corrected chi connectivity index (χ4v) is 2.45. The largest absolute Gasteiger partial charge is 0.361 e. The first-order valence-corrected chi connectivity index (χ1v) is 7.04. The number of nitriles is 1. The van der Waals surface area contributed by atoms with Gasteiger partial charge in [0, 0.05) is 35.6 Å². The SMILES string of the molecule is CC(C)(C#N)CNCC(C)(C)c1c[nH]c2ccccc12. The zero-order chi connectivity index (χ0) is 14.8. The minimum Gasteiger partial charge on any atom is -0.361 e. The third-order valence-electron chi connectivity index (χ3n) is 3.75. The fraction of sp³-hybridized carbons (Fsp3) is 0.471. The van der Waals surface area contributed by atoms with Crippen LogP contribution in [0, 0.1) is 16.7 Å². The van der Waals surface area contributed by atoms with Gasteiger partial charge in [0.25, 0.3) is 0 Å². The van der Waals surface area contributed by atoms with Crippen molar-refractivity contribution < 1.29 is 0 Å². The first-order chi connectivity index (χ1) is 9.36. The lowest BCUT2D eigenvalue weighted by atomic mass is 9.84. The molecule has 2 N–H and O–H groups in total. The Morgan fingerprint density at radius 2 is 1.85 bits per heavy atom. The normalized spacial score (nSPS) is 12.6. The van der Waals surface area contributed by atoms with E-state index in [1.54, 1.807) is 0 Å². The molecule has 0 unspecified atom stereocenters. The van der Waals surface area contributed by atoms with Gasteiger partial charge in [0.1, 0.15) is 0 Å². The van der Waals surface area contributed by atoms with E-state index < -0.39 is 0 Å². The van der Waals surface area contributed by atoms with Crippen molar-refractivity contribution in [2.24, 2.45) is 5.41 Å². The Balaban J connectivity index is 2.13. The van der Waals surface area contributed by atoms with Crippen molar-refractivity contribution in [3.05, 3.63) is 36.0 Å². The van der Waals surface area contributed by atoms with E-state index in [4.69, 9.17) is 5.26 Å². The maximum Gasteiger partial charge on any atom is 0.0697 e. The fourth-order valence-electron chi connectivity index (χ4n) is 2.45. The van der Waals surface area contributed by atoms with Gasteiger partial charge in [-0.05, 0) is 25.5 Å². The van der Waals surface area contributed by atoms with Gasteiger partial charge in [0.15, 0.2) is 0 Å². The summed E-state index contributed by atoms with van der Waals surface area (Å²) in [6.07, 6.45) is 2.10. The maximum absolute atomic E-state index is 9.05. The van der Waals surface area contributed by atoms with E-state index in [0.29, 0.717) is 6.54 Å². The lowest BCUT2D eigenvalue weighted by Crippen LogP contribution is -2.37. The van der Waals surface area contributed by atoms with Crippen LogP contribution in [0.2, 0.25) is 0 Å². The highest BCUT2D eigenvalue weighted by Crippen LogP contribution is 2.30. The molecule has 1 heterocycles. The number of nitrogens with one attached hydrogen (secondary N) is 2.